The van der Waals surface area contributed by atoms with Crippen molar-refractivity contribution in [1.29, 1.82) is 0 Å². The number of benzene rings is 2. The van der Waals surface area contributed by atoms with Crippen molar-refractivity contribution in [3.8, 4) is 11.1 Å². The Morgan fingerprint density at radius 3 is 2.61 bits per heavy atom. The number of aryl methyl sites for hydroxylation is 1. The number of carbonyl (C=O) groups is 1. The minimum Gasteiger partial charge on any atom is -0.352 e. The number of carbonyl (C=O) groups excluding carboxylic acids is 1. The molecule has 2 N–H and O–H groups in total. The van der Waals surface area contributed by atoms with Crippen molar-refractivity contribution in [2.75, 3.05) is 6.54 Å². The number of pyridine rings is 1. The van der Waals surface area contributed by atoms with Crippen LogP contribution in [0.3, 0.4) is 0 Å². The molecule has 1 aliphatic rings. The van der Waals surface area contributed by atoms with Crippen molar-refractivity contribution in [1.82, 2.24) is 15.6 Å². The summed E-state index contributed by atoms with van der Waals surface area (Å²) in [6.07, 6.45) is 3.33. The Bertz CT molecular complexity index is 965. The lowest BCUT2D eigenvalue weighted by Gasteiger charge is -2.21. The quantitative estimate of drug-likeness (QED) is 0.721. The Kier molecular flexibility index (Phi) is 5.49. The molecule has 4 heteroatoms. The van der Waals surface area contributed by atoms with Gasteiger partial charge in [0.2, 0.25) is 5.91 Å². The Morgan fingerprint density at radius 2 is 1.82 bits per heavy atom. The number of aromatic nitrogens is 1. The van der Waals surface area contributed by atoms with Crippen molar-refractivity contribution in [2.24, 2.45) is 0 Å². The molecule has 4 rings (SSSR count). The molecule has 0 bridgehead atoms. The summed E-state index contributed by atoms with van der Waals surface area (Å²) >= 11 is 0. The fourth-order valence-corrected chi connectivity index (χ4v) is 3.76. The maximum Gasteiger partial charge on any atom is 0.224 e. The summed E-state index contributed by atoms with van der Waals surface area (Å²) in [6, 6.07) is 18.5. The van der Waals surface area contributed by atoms with E-state index in [0.29, 0.717) is 13.0 Å². The third-order valence-electron chi connectivity index (χ3n) is 5.36. The molecule has 0 fully saturated rings. The summed E-state index contributed by atoms with van der Waals surface area (Å²) in [6.45, 7) is 4.40. The van der Waals surface area contributed by atoms with Crippen molar-refractivity contribution in [3.63, 3.8) is 0 Å². The molecule has 1 amide bonds. The summed E-state index contributed by atoms with van der Waals surface area (Å²) in [4.78, 5) is 17.0. The normalized spacial score (nSPS) is 13.0. The first-order chi connectivity index (χ1) is 13.7. The number of hydrogen-bond acceptors (Lipinski definition) is 3. The fourth-order valence-electron chi connectivity index (χ4n) is 3.76. The van der Waals surface area contributed by atoms with Gasteiger partial charge >= 0.3 is 0 Å². The van der Waals surface area contributed by atoms with Gasteiger partial charge in [0, 0.05) is 25.0 Å². The molecule has 2 heterocycles. The second kappa shape index (κ2) is 8.36. The first kappa shape index (κ1) is 18.4. The molecule has 0 saturated carbocycles. The molecular formula is C24H25N3O. The monoisotopic (exact) mass is 371 g/mol. The second-order valence-corrected chi connectivity index (χ2v) is 7.27. The van der Waals surface area contributed by atoms with Crippen LogP contribution in [0.2, 0.25) is 0 Å². The average Bonchev–Trinajstić information content (AvgIpc) is 2.74. The highest BCUT2D eigenvalue weighted by Crippen LogP contribution is 2.21. The van der Waals surface area contributed by atoms with E-state index in [0.717, 1.165) is 36.3 Å². The zero-order valence-corrected chi connectivity index (χ0v) is 16.2. The molecule has 142 valence electrons. The van der Waals surface area contributed by atoms with E-state index in [9.17, 15) is 4.79 Å². The molecule has 3 aromatic rings. The average molecular weight is 371 g/mol. The highest BCUT2D eigenvalue weighted by molar-refractivity contribution is 5.79. The molecule has 0 radical (unpaired) electrons. The summed E-state index contributed by atoms with van der Waals surface area (Å²) in [5.41, 5.74) is 8.14. The maximum absolute atomic E-state index is 12.5. The van der Waals surface area contributed by atoms with E-state index < -0.39 is 0 Å². The van der Waals surface area contributed by atoms with Crippen LogP contribution in [-0.2, 0) is 30.7 Å². The van der Waals surface area contributed by atoms with Gasteiger partial charge in [0.05, 0.1) is 6.42 Å². The number of amides is 1. The van der Waals surface area contributed by atoms with Gasteiger partial charge in [-0.2, -0.15) is 0 Å². The summed E-state index contributed by atoms with van der Waals surface area (Å²) < 4.78 is 0. The highest BCUT2D eigenvalue weighted by atomic mass is 16.1. The maximum atomic E-state index is 12.5. The fraction of sp³-hybridized carbons (Fsp3) is 0.250. The van der Waals surface area contributed by atoms with E-state index in [1.807, 2.05) is 43.5 Å². The van der Waals surface area contributed by atoms with Gasteiger partial charge in [0.1, 0.15) is 0 Å². The molecule has 0 unspecified atom stereocenters. The van der Waals surface area contributed by atoms with Gasteiger partial charge in [-0.1, -0.05) is 54.6 Å². The number of hydrogen-bond donors (Lipinski definition) is 2. The van der Waals surface area contributed by atoms with Crippen molar-refractivity contribution < 1.29 is 4.79 Å². The zero-order valence-electron chi connectivity index (χ0n) is 16.2. The predicted molar refractivity (Wildman–Crippen MR) is 112 cm³/mol. The number of nitrogens with one attached hydrogen (secondary N) is 2. The highest BCUT2D eigenvalue weighted by Gasteiger charge is 2.16. The molecule has 4 nitrogen and oxygen atoms in total. The third kappa shape index (κ3) is 4.12. The standard InChI is InChI=1S/C24H25N3O/c1-17-23(22-11-12-25-14-21(22)15-26-17)16-27-24(28)13-18-7-9-20(10-8-18)19-5-3-2-4-6-19/h2-10,15,25H,11-14,16H2,1H3,(H,27,28). The lowest BCUT2D eigenvalue weighted by atomic mass is 9.96. The lowest BCUT2D eigenvalue weighted by molar-refractivity contribution is -0.120. The number of nitrogens with zero attached hydrogens (tertiary/aromatic N) is 1. The van der Waals surface area contributed by atoms with E-state index in [1.54, 1.807) is 0 Å². The van der Waals surface area contributed by atoms with Gasteiger partial charge in [0.15, 0.2) is 0 Å². The first-order valence-corrected chi connectivity index (χ1v) is 9.79. The molecule has 0 aliphatic carbocycles. The summed E-state index contributed by atoms with van der Waals surface area (Å²) in [5.74, 6) is 0.0402. The van der Waals surface area contributed by atoms with E-state index in [2.05, 4.69) is 39.9 Å². The molecule has 1 aliphatic heterocycles. The van der Waals surface area contributed by atoms with Gasteiger partial charge in [-0.15, -0.1) is 0 Å². The van der Waals surface area contributed by atoms with Crippen molar-refractivity contribution in [3.05, 3.63) is 88.7 Å². The third-order valence-corrected chi connectivity index (χ3v) is 5.36. The first-order valence-electron chi connectivity index (χ1n) is 9.79. The van der Waals surface area contributed by atoms with E-state index in [-0.39, 0.29) is 5.91 Å². The zero-order chi connectivity index (χ0) is 19.3. The minimum atomic E-state index is 0.0402. The van der Waals surface area contributed by atoms with Crippen LogP contribution in [0.15, 0.2) is 60.8 Å². The van der Waals surface area contributed by atoms with Crippen LogP contribution in [-0.4, -0.2) is 17.4 Å². The SMILES string of the molecule is Cc1ncc2c(c1CNC(=O)Cc1ccc(-c3ccccc3)cc1)CCNC2. The molecular weight excluding hydrogens is 346 g/mol. The molecule has 0 spiro atoms. The van der Waals surface area contributed by atoms with Gasteiger partial charge in [-0.25, -0.2) is 0 Å². The van der Waals surface area contributed by atoms with Crippen LogP contribution < -0.4 is 10.6 Å². The predicted octanol–water partition coefficient (Wildman–Crippen LogP) is 3.56. The van der Waals surface area contributed by atoms with Crippen molar-refractivity contribution in [2.45, 2.75) is 32.9 Å². The molecule has 2 aromatic carbocycles. The lowest BCUT2D eigenvalue weighted by Crippen LogP contribution is -2.29. The van der Waals surface area contributed by atoms with Crippen LogP contribution in [0, 0.1) is 6.92 Å². The van der Waals surface area contributed by atoms with E-state index >= 15 is 0 Å². The smallest absolute Gasteiger partial charge is 0.224 e. The van der Waals surface area contributed by atoms with Gasteiger partial charge in [-0.05, 0) is 53.3 Å². The van der Waals surface area contributed by atoms with Gasteiger partial charge < -0.3 is 10.6 Å². The molecule has 0 atom stereocenters. The molecule has 1 aromatic heterocycles. The summed E-state index contributed by atoms with van der Waals surface area (Å²) in [5, 5.41) is 6.46. The Balaban J connectivity index is 1.39. The topological polar surface area (TPSA) is 54.0 Å². The van der Waals surface area contributed by atoms with Crippen LogP contribution in [0.25, 0.3) is 11.1 Å². The van der Waals surface area contributed by atoms with E-state index in [1.165, 1.54) is 22.3 Å². The van der Waals surface area contributed by atoms with Crippen LogP contribution in [0.5, 0.6) is 0 Å². The molecule has 28 heavy (non-hydrogen) atoms. The second-order valence-electron chi connectivity index (χ2n) is 7.27. The Hall–Kier alpha value is -2.98. The van der Waals surface area contributed by atoms with Gasteiger partial charge in [0.25, 0.3) is 0 Å². The van der Waals surface area contributed by atoms with Crippen LogP contribution in [0.4, 0.5) is 0 Å². The van der Waals surface area contributed by atoms with Crippen molar-refractivity contribution >= 4 is 5.91 Å². The van der Waals surface area contributed by atoms with E-state index in [4.69, 9.17) is 0 Å². The Morgan fingerprint density at radius 1 is 1.07 bits per heavy atom. The van der Waals surface area contributed by atoms with Crippen LogP contribution >= 0.6 is 0 Å². The van der Waals surface area contributed by atoms with Crippen LogP contribution in [0.1, 0.15) is 27.9 Å². The Labute approximate surface area is 166 Å². The summed E-state index contributed by atoms with van der Waals surface area (Å²) in [7, 11) is 0. The minimum absolute atomic E-state index is 0.0402. The van der Waals surface area contributed by atoms with Gasteiger partial charge in [-0.3, -0.25) is 9.78 Å². The molecule has 0 saturated heterocycles. The largest absolute Gasteiger partial charge is 0.352 e. The number of fused-ring (bicyclic) bond motifs is 1. The number of rotatable bonds is 5.